The lowest BCUT2D eigenvalue weighted by Gasteiger charge is -2.25. The van der Waals surface area contributed by atoms with Crippen LogP contribution in [0.4, 0.5) is 0 Å². The zero-order chi connectivity index (χ0) is 22.9. The fraction of sp³-hybridized carbons (Fsp3) is 0.385. The topological polar surface area (TPSA) is 58.4 Å². The van der Waals surface area contributed by atoms with E-state index in [4.69, 9.17) is 16.6 Å². The Labute approximate surface area is 195 Å². The molecule has 0 bridgehead atoms. The number of aryl methyl sites for hydroxylation is 1. The molecule has 3 aromatic rings. The van der Waals surface area contributed by atoms with E-state index in [1.165, 1.54) is 0 Å². The summed E-state index contributed by atoms with van der Waals surface area (Å²) in [5.74, 6) is 0.257. The van der Waals surface area contributed by atoms with Gasteiger partial charge in [0, 0.05) is 36.3 Å². The quantitative estimate of drug-likeness (QED) is 0.414. The molecule has 32 heavy (non-hydrogen) atoms. The first-order chi connectivity index (χ1) is 15.5. The number of hydrogen-bond acceptors (Lipinski definition) is 3. The Bertz CT molecular complexity index is 1000. The summed E-state index contributed by atoms with van der Waals surface area (Å²) in [7, 11) is 1.88. The molecule has 0 saturated carbocycles. The zero-order valence-corrected chi connectivity index (χ0v) is 19.6. The standard InChI is InChI=1S/C26H32ClN3O2/c1-3-4-14-25-28-18-22(30(25)19-21-12-8-9-13-23(21)27)15-16-29(2)24(26(31)32)17-20-10-6-5-7-11-20/h5-13,18,24H,3-4,14-17,19H2,1-2H3,(H,31,32)/t24-/m0/s1. The van der Waals surface area contributed by atoms with Gasteiger partial charge >= 0.3 is 5.97 Å². The van der Waals surface area contributed by atoms with E-state index in [9.17, 15) is 9.90 Å². The van der Waals surface area contributed by atoms with E-state index in [0.717, 1.165) is 53.4 Å². The Morgan fingerprint density at radius 1 is 1.12 bits per heavy atom. The molecule has 0 spiro atoms. The lowest BCUT2D eigenvalue weighted by Crippen LogP contribution is -2.41. The molecule has 0 unspecified atom stereocenters. The number of unbranched alkanes of at least 4 members (excludes halogenated alkanes) is 1. The SMILES string of the molecule is CCCCc1ncc(CCN(C)[C@@H](Cc2ccccc2)C(=O)O)n1Cc1ccccc1Cl. The van der Waals surface area contributed by atoms with Crippen molar-refractivity contribution in [2.75, 3.05) is 13.6 Å². The second-order valence-corrected chi connectivity index (χ2v) is 8.63. The van der Waals surface area contributed by atoms with Crippen LogP contribution in [0.3, 0.4) is 0 Å². The van der Waals surface area contributed by atoms with Gasteiger partial charge < -0.3 is 9.67 Å². The molecule has 0 aliphatic carbocycles. The van der Waals surface area contributed by atoms with Gasteiger partial charge in [-0.05, 0) is 37.1 Å². The van der Waals surface area contributed by atoms with E-state index < -0.39 is 12.0 Å². The Kier molecular flexibility index (Phi) is 8.89. The van der Waals surface area contributed by atoms with Gasteiger partial charge in [0.15, 0.2) is 0 Å². The molecule has 0 radical (unpaired) electrons. The van der Waals surface area contributed by atoms with Crippen molar-refractivity contribution in [1.29, 1.82) is 0 Å². The number of hydrogen-bond donors (Lipinski definition) is 1. The van der Waals surface area contributed by atoms with Gasteiger partial charge in [0.25, 0.3) is 0 Å². The molecule has 170 valence electrons. The van der Waals surface area contributed by atoms with E-state index in [2.05, 4.69) is 11.5 Å². The lowest BCUT2D eigenvalue weighted by molar-refractivity contribution is -0.142. The minimum Gasteiger partial charge on any atom is -0.480 e. The molecular formula is C26H32ClN3O2. The van der Waals surface area contributed by atoms with Gasteiger partial charge in [0.1, 0.15) is 11.9 Å². The summed E-state index contributed by atoms with van der Waals surface area (Å²) in [6.07, 6.45) is 6.24. The van der Waals surface area contributed by atoms with Crippen LogP contribution in [0.15, 0.2) is 60.8 Å². The van der Waals surface area contributed by atoms with Gasteiger partial charge in [-0.1, -0.05) is 73.5 Å². The van der Waals surface area contributed by atoms with Gasteiger partial charge in [-0.15, -0.1) is 0 Å². The summed E-state index contributed by atoms with van der Waals surface area (Å²) in [5, 5.41) is 10.6. The summed E-state index contributed by atoms with van der Waals surface area (Å²) < 4.78 is 2.25. The van der Waals surface area contributed by atoms with Crippen LogP contribution in [-0.2, 0) is 30.6 Å². The number of halogens is 1. The average Bonchev–Trinajstić information content (AvgIpc) is 3.17. The number of aliphatic carboxylic acids is 1. The molecule has 0 aliphatic rings. The van der Waals surface area contributed by atoms with Gasteiger partial charge in [-0.2, -0.15) is 0 Å². The second kappa shape index (κ2) is 11.8. The van der Waals surface area contributed by atoms with E-state index >= 15 is 0 Å². The maximum atomic E-state index is 12.0. The largest absolute Gasteiger partial charge is 0.480 e. The van der Waals surface area contributed by atoms with Crippen LogP contribution in [-0.4, -0.2) is 45.2 Å². The van der Waals surface area contributed by atoms with E-state index in [1.54, 1.807) is 0 Å². The van der Waals surface area contributed by atoms with Crippen LogP contribution in [0.25, 0.3) is 0 Å². The highest BCUT2D eigenvalue weighted by Gasteiger charge is 2.23. The van der Waals surface area contributed by atoms with Crippen LogP contribution in [0.1, 0.15) is 42.4 Å². The number of rotatable bonds is 12. The molecular weight excluding hydrogens is 422 g/mol. The first kappa shape index (κ1) is 24.0. The molecule has 5 nitrogen and oxygen atoms in total. The third-order valence-electron chi connectivity index (χ3n) is 5.87. The van der Waals surface area contributed by atoms with Gasteiger partial charge in [-0.3, -0.25) is 9.69 Å². The second-order valence-electron chi connectivity index (χ2n) is 8.22. The van der Waals surface area contributed by atoms with E-state index in [-0.39, 0.29) is 0 Å². The summed E-state index contributed by atoms with van der Waals surface area (Å²) in [5.41, 5.74) is 3.19. The first-order valence-corrected chi connectivity index (χ1v) is 11.6. The van der Waals surface area contributed by atoms with Crippen molar-refractivity contribution in [3.63, 3.8) is 0 Å². The highest BCUT2D eigenvalue weighted by atomic mass is 35.5. The summed E-state index contributed by atoms with van der Waals surface area (Å²) in [6.45, 7) is 3.48. The number of nitrogens with zero attached hydrogens (tertiary/aromatic N) is 3. The van der Waals surface area contributed by atoms with Crippen molar-refractivity contribution in [3.8, 4) is 0 Å². The molecule has 0 fully saturated rings. The number of carbonyl (C=O) groups is 1. The summed E-state index contributed by atoms with van der Waals surface area (Å²) >= 11 is 6.42. The maximum Gasteiger partial charge on any atom is 0.321 e. The maximum absolute atomic E-state index is 12.0. The molecule has 0 aliphatic heterocycles. The smallest absolute Gasteiger partial charge is 0.321 e. The zero-order valence-electron chi connectivity index (χ0n) is 18.9. The highest BCUT2D eigenvalue weighted by Crippen LogP contribution is 2.20. The predicted octanol–water partition coefficient (Wildman–Crippen LogP) is 5.10. The highest BCUT2D eigenvalue weighted by molar-refractivity contribution is 6.31. The Hall–Kier alpha value is -2.63. The molecule has 1 heterocycles. The van der Waals surface area contributed by atoms with Gasteiger partial charge in [0.05, 0.1) is 6.54 Å². The number of likely N-dealkylation sites (N-methyl/N-ethyl adjacent to an activating group) is 1. The van der Waals surface area contributed by atoms with Crippen LogP contribution < -0.4 is 0 Å². The van der Waals surface area contributed by atoms with E-state index in [1.807, 2.05) is 72.7 Å². The Morgan fingerprint density at radius 3 is 2.53 bits per heavy atom. The third kappa shape index (κ3) is 6.44. The molecule has 1 atom stereocenters. The fourth-order valence-electron chi connectivity index (χ4n) is 3.89. The van der Waals surface area contributed by atoms with Crippen LogP contribution >= 0.6 is 11.6 Å². The summed E-state index contributed by atoms with van der Waals surface area (Å²) in [4.78, 5) is 18.6. The van der Waals surface area contributed by atoms with Crippen molar-refractivity contribution < 1.29 is 9.90 Å². The van der Waals surface area contributed by atoms with Crippen LogP contribution in [0.2, 0.25) is 5.02 Å². The fourth-order valence-corrected chi connectivity index (χ4v) is 4.09. The molecule has 1 N–H and O–H groups in total. The molecule has 0 saturated heterocycles. The van der Waals surface area contributed by atoms with Gasteiger partial charge in [-0.25, -0.2) is 4.98 Å². The van der Waals surface area contributed by atoms with Crippen molar-refractivity contribution >= 4 is 17.6 Å². The normalized spacial score (nSPS) is 12.2. The third-order valence-corrected chi connectivity index (χ3v) is 6.24. The number of aromatic nitrogens is 2. The van der Waals surface area contributed by atoms with E-state index in [0.29, 0.717) is 19.5 Å². The molecule has 6 heteroatoms. The number of benzene rings is 2. The Morgan fingerprint density at radius 2 is 1.84 bits per heavy atom. The summed E-state index contributed by atoms with van der Waals surface area (Å²) in [6, 6.07) is 17.1. The molecule has 3 rings (SSSR count). The van der Waals surface area contributed by atoms with Gasteiger partial charge in [0.2, 0.25) is 0 Å². The van der Waals surface area contributed by atoms with Crippen molar-refractivity contribution in [2.24, 2.45) is 0 Å². The monoisotopic (exact) mass is 453 g/mol. The molecule has 2 aromatic carbocycles. The lowest BCUT2D eigenvalue weighted by atomic mass is 10.0. The minimum absolute atomic E-state index is 0.479. The van der Waals surface area contributed by atoms with Crippen molar-refractivity contribution in [2.45, 2.75) is 51.6 Å². The molecule has 1 aromatic heterocycles. The van der Waals surface area contributed by atoms with Crippen LogP contribution in [0.5, 0.6) is 0 Å². The van der Waals surface area contributed by atoms with Crippen molar-refractivity contribution in [1.82, 2.24) is 14.5 Å². The number of imidazole rings is 1. The van der Waals surface area contributed by atoms with Crippen LogP contribution in [0, 0.1) is 0 Å². The van der Waals surface area contributed by atoms with Crippen molar-refractivity contribution in [3.05, 3.63) is 88.5 Å². The Balaban J connectivity index is 1.74. The number of carboxylic acid groups (broad SMARTS) is 1. The average molecular weight is 454 g/mol. The first-order valence-electron chi connectivity index (χ1n) is 11.2. The molecule has 0 amide bonds. The predicted molar refractivity (Wildman–Crippen MR) is 129 cm³/mol. The minimum atomic E-state index is -0.801. The number of carboxylic acids is 1.